The zero-order valence-corrected chi connectivity index (χ0v) is 13.8. The Bertz CT molecular complexity index is 619. The molecular formula is C14H20FNO3S2. The average molecular weight is 333 g/mol. The van der Waals surface area contributed by atoms with E-state index in [1.807, 2.05) is 6.92 Å². The van der Waals surface area contributed by atoms with Crippen LogP contribution in [-0.4, -0.2) is 41.9 Å². The van der Waals surface area contributed by atoms with Crippen molar-refractivity contribution in [2.24, 2.45) is 0 Å². The van der Waals surface area contributed by atoms with Crippen LogP contribution in [0.25, 0.3) is 0 Å². The zero-order valence-electron chi connectivity index (χ0n) is 12.2. The van der Waals surface area contributed by atoms with Crippen LogP contribution in [0.5, 0.6) is 0 Å². The summed E-state index contributed by atoms with van der Waals surface area (Å²) in [5.74, 6) is 0.150. The van der Waals surface area contributed by atoms with E-state index in [0.29, 0.717) is 13.1 Å². The number of benzene rings is 1. The summed E-state index contributed by atoms with van der Waals surface area (Å²) in [6.45, 7) is 4.00. The van der Waals surface area contributed by atoms with E-state index in [2.05, 4.69) is 0 Å². The Morgan fingerprint density at radius 1 is 1.48 bits per heavy atom. The van der Waals surface area contributed by atoms with Crippen molar-refractivity contribution in [1.82, 2.24) is 4.31 Å². The Balaban J connectivity index is 2.41. The molecule has 0 aliphatic carbocycles. The number of aliphatic hydroxyl groups is 1. The monoisotopic (exact) mass is 333 g/mol. The van der Waals surface area contributed by atoms with Crippen LogP contribution >= 0.6 is 11.8 Å². The van der Waals surface area contributed by atoms with Gasteiger partial charge in [-0.15, -0.1) is 0 Å². The third kappa shape index (κ3) is 3.41. The van der Waals surface area contributed by atoms with Crippen LogP contribution in [0.15, 0.2) is 17.0 Å². The largest absolute Gasteiger partial charge is 0.392 e. The number of nitrogens with zero attached hydrogens (tertiary/aromatic N) is 1. The van der Waals surface area contributed by atoms with Gasteiger partial charge in [0.15, 0.2) is 0 Å². The first-order chi connectivity index (χ1) is 9.90. The maximum atomic E-state index is 13.9. The van der Waals surface area contributed by atoms with Gasteiger partial charge in [-0.25, -0.2) is 12.8 Å². The molecule has 2 rings (SSSR count). The molecular weight excluding hydrogens is 313 g/mol. The van der Waals surface area contributed by atoms with Crippen molar-refractivity contribution < 1.29 is 17.9 Å². The molecule has 0 aromatic heterocycles. The quantitative estimate of drug-likeness (QED) is 0.917. The van der Waals surface area contributed by atoms with E-state index in [4.69, 9.17) is 5.11 Å². The maximum Gasteiger partial charge on any atom is 0.243 e. The smallest absolute Gasteiger partial charge is 0.243 e. The highest BCUT2D eigenvalue weighted by Gasteiger charge is 2.31. The molecule has 1 heterocycles. The summed E-state index contributed by atoms with van der Waals surface area (Å²) in [4.78, 5) is -0.0340. The van der Waals surface area contributed by atoms with E-state index in [-0.39, 0.29) is 27.9 Å². The lowest BCUT2D eigenvalue weighted by Gasteiger charge is -2.31. The summed E-state index contributed by atoms with van der Waals surface area (Å²) in [6.07, 6.45) is 0.903. The Hall–Kier alpha value is -0.630. The second-order valence-corrected chi connectivity index (χ2v) is 8.44. The van der Waals surface area contributed by atoms with E-state index in [1.165, 1.54) is 23.4 Å². The van der Waals surface area contributed by atoms with E-state index in [9.17, 15) is 12.8 Å². The van der Waals surface area contributed by atoms with Crippen molar-refractivity contribution in [2.45, 2.75) is 37.0 Å². The van der Waals surface area contributed by atoms with Crippen LogP contribution in [0.2, 0.25) is 0 Å². The van der Waals surface area contributed by atoms with Crippen molar-refractivity contribution >= 4 is 21.8 Å². The third-order valence-corrected chi connectivity index (χ3v) is 7.08. The van der Waals surface area contributed by atoms with Gasteiger partial charge in [0.2, 0.25) is 10.0 Å². The first-order valence-corrected chi connectivity index (χ1v) is 9.40. The normalized spacial score (nSPS) is 20.7. The van der Waals surface area contributed by atoms with E-state index < -0.39 is 15.8 Å². The highest BCUT2D eigenvalue weighted by Crippen LogP contribution is 2.29. The molecule has 1 fully saturated rings. The van der Waals surface area contributed by atoms with Gasteiger partial charge in [0.05, 0.1) is 11.5 Å². The minimum atomic E-state index is -3.72. The second-order valence-electron chi connectivity index (χ2n) is 5.12. The Morgan fingerprint density at radius 3 is 2.81 bits per heavy atom. The molecule has 0 amide bonds. The van der Waals surface area contributed by atoms with Crippen LogP contribution in [-0.2, 0) is 16.6 Å². The van der Waals surface area contributed by atoms with Gasteiger partial charge in [0.1, 0.15) is 5.82 Å². The predicted octanol–water partition coefficient (Wildman–Crippen LogP) is 2.14. The number of hydrogen-bond donors (Lipinski definition) is 1. The minimum Gasteiger partial charge on any atom is -0.392 e. The summed E-state index contributed by atoms with van der Waals surface area (Å²) >= 11 is 1.77. The Morgan fingerprint density at radius 2 is 2.19 bits per heavy atom. The van der Waals surface area contributed by atoms with Gasteiger partial charge < -0.3 is 5.11 Å². The molecule has 1 atom stereocenters. The molecule has 1 unspecified atom stereocenters. The molecule has 1 N–H and O–H groups in total. The molecule has 0 bridgehead atoms. The molecule has 1 aliphatic rings. The number of aliphatic hydroxyl groups excluding tert-OH is 1. The number of thioether (sulfide) groups is 1. The molecule has 21 heavy (non-hydrogen) atoms. The van der Waals surface area contributed by atoms with Crippen LogP contribution in [0, 0.1) is 12.7 Å². The van der Waals surface area contributed by atoms with Crippen molar-refractivity contribution in [3.63, 3.8) is 0 Å². The number of halogens is 1. The molecule has 1 aliphatic heterocycles. The standard InChI is InChI=1S/C14H20FNO3S2/c1-3-12-8-16(4-5-20-12)21(18,19)14-7-11(9-17)6-13(15)10(14)2/h6-7,12,17H,3-5,8-9H2,1-2H3. The molecule has 0 saturated carbocycles. The minimum absolute atomic E-state index is 0.0340. The van der Waals surface area contributed by atoms with E-state index >= 15 is 0 Å². The average Bonchev–Trinajstić information content (AvgIpc) is 2.49. The lowest BCUT2D eigenvalue weighted by molar-refractivity contribution is 0.280. The van der Waals surface area contributed by atoms with Crippen LogP contribution < -0.4 is 0 Å². The number of sulfonamides is 1. The summed E-state index contributed by atoms with van der Waals surface area (Å²) < 4.78 is 40.8. The van der Waals surface area contributed by atoms with Gasteiger partial charge in [-0.3, -0.25) is 0 Å². The molecule has 7 heteroatoms. The molecule has 4 nitrogen and oxygen atoms in total. The van der Waals surface area contributed by atoms with Crippen molar-refractivity contribution in [3.05, 3.63) is 29.1 Å². The van der Waals surface area contributed by atoms with E-state index in [0.717, 1.165) is 12.2 Å². The first kappa shape index (κ1) is 16.7. The third-order valence-electron chi connectivity index (χ3n) is 3.71. The lowest BCUT2D eigenvalue weighted by atomic mass is 10.1. The summed E-state index contributed by atoms with van der Waals surface area (Å²) in [6, 6.07) is 2.55. The summed E-state index contributed by atoms with van der Waals surface area (Å²) in [5, 5.41) is 9.43. The van der Waals surface area contributed by atoms with Gasteiger partial charge in [-0.1, -0.05) is 6.92 Å². The Labute approximate surface area is 129 Å². The molecule has 1 aromatic carbocycles. The predicted molar refractivity (Wildman–Crippen MR) is 82.4 cm³/mol. The van der Waals surface area contributed by atoms with Gasteiger partial charge in [0.25, 0.3) is 0 Å². The Kier molecular flexibility index (Phi) is 5.29. The number of rotatable bonds is 4. The fourth-order valence-corrected chi connectivity index (χ4v) is 5.52. The maximum absolute atomic E-state index is 13.9. The molecule has 1 aromatic rings. The first-order valence-electron chi connectivity index (χ1n) is 6.91. The van der Waals surface area contributed by atoms with Crippen molar-refractivity contribution in [1.29, 1.82) is 0 Å². The van der Waals surface area contributed by atoms with Crippen molar-refractivity contribution in [3.8, 4) is 0 Å². The summed E-state index contributed by atoms with van der Waals surface area (Å²) in [7, 11) is -3.72. The van der Waals surface area contributed by atoms with Crippen LogP contribution in [0.3, 0.4) is 0 Å². The highest BCUT2D eigenvalue weighted by atomic mass is 32.2. The highest BCUT2D eigenvalue weighted by molar-refractivity contribution is 8.00. The van der Waals surface area contributed by atoms with Gasteiger partial charge in [-0.2, -0.15) is 16.1 Å². The van der Waals surface area contributed by atoms with E-state index in [1.54, 1.807) is 11.8 Å². The molecule has 0 spiro atoms. The summed E-state index contributed by atoms with van der Waals surface area (Å²) in [5.41, 5.74) is 0.383. The zero-order chi connectivity index (χ0) is 15.6. The number of hydrogen-bond acceptors (Lipinski definition) is 4. The topological polar surface area (TPSA) is 57.6 Å². The SMILES string of the molecule is CCC1CN(S(=O)(=O)c2cc(CO)cc(F)c2C)CCS1. The second kappa shape index (κ2) is 6.64. The van der Waals surface area contributed by atoms with Gasteiger partial charge in [-0.05, 0) is 31.0 Å². The lowest BCUT2D eigenvalue weighted by Crippen LogP contribution is -2.42. The van der Waals surface area contributed by atoms with Gasteiger partial charge >= 0.3 is 0 Å². The fraction of sp³-hybridized carbons (Fsp3) is 0.571. The van der Waals surface area contributed by atoms with Crippen LogP contribution in [0.1, 0.15) is 24.5 Å². The molecule has 0 radical (unpaired) electrons. The van der Waals surface area contributed by atoms with Crippen LogP contribution in [0.4, 0.5) is 4.39 Å². The molecule has 1 saturated heterocycles. The van der Waals surface area contributed by atoms with Gasteiger partial charge in [0, 0.05) is 29.7 Å². The van der Waals surface area contributed by atoms with Crippen molar-refractivity contribution in [2.75, 3.05) is 18.8 Å². The molecule has 118 valence electrons. The fourth-order valence-electron chi connectivity index (χ4n) is 2.36.